The van der Waals surface area contributed by atoms with Crippen LogP contribution in [0.4, 0.5) is 0 Å². The van der Waals surface area contributed by atoms with Gasteiger partial charge in [0.25, 0.3) is 0 Å². The minimum Gasteiger partial charge on any atom is -0.480 e. The first-order valence-corrected chi connectivity index (χ1v) is 3.74. The number of rotatable bonds is 2. The van der Waals surface area contributed by atoms with Crippen molar-refractivity contribution < 1.29 is 9.90 Å². The van der Waals surface area contributed by atoms with E-state index in [-0.39, 0.29) is 6.04 Å². The summed E-state index contributed by atoms with van der Waals surface area (Å²) in [5.74, 6) is -0.882. The van der Waals surface area contributed by atoms with Crippen LogP contribution in [-0.4, -0.2) is 29.7 Å². The van der Waals surface area contributed by atoms with E-state index in [0.717, 1.165) is 0 Å². The molecule has 6 heteroatoms. The molecule has 1 aliphatic rings. The van der Waals surface area contributed by atoms with Gasteiger partial charge in [0.15, 0.2) is 0 Å². The first-order chi connectivity index (χ1) is 5.74. The van der Waals surface area contributed by atoms with Gasteiger partial charge in [0.05, 0.1) is 0 Å². The molecule has 0 aliphatic carbocycles. The van der Waals surface area contributed by atoms with Gasteiger partial charge in [0.2, 0.25) is 0 Å². The average molecular weight is 170 g/mol. The van der Waals surface area contributed by atoms with E-state index in [0.29, 0.717) is 19.4 Å². The predicted octanol–water partition coefficient (Wildman–Crippen LogP) is 0.502. The molecule has 12 heavy (non-hydrogen) atoms. The van der Waals surface area contributed by atoms with Crippen LogP contribution in [0.3, 0.4) is 0 Å². The molecule has 1 aliphatic heterocycles. The van der Waals surface area contributed by atoms with Crippen LogP contribution in [-0.2, 0) is 4.79 Å². The normalized spacial score (nSPS) is 29.0. The molecule has 1 rings (SSSR count). The Morgan fingerprint density at radius 3 is 3.08 bits per heavy atom. The van der Waals surface area contributed by atoms with Crippen molar-refractivity contribution in [3.8, 4) is 0 Å². The van der Waals surface area contributed by atoms with Crippen molar-refractivity contribution in [3.63, 3.8) is 0 Å². The van der Waals surface area contributed by atoms with E-state index in [1.165, 1.54) is 0 Å². The molecule has 2 atom stereocenters. The molecule has 0 spiro atoms. The van der Waals surface area contributed by atoms with Gasteiger partial charge in [-0.3, -0.25) is 4.79 Å². The third-order valence-corrected chi connectivity index (χ3v) is 1.89. The molecule has 2 N–H and O–H groups in total. The van der Waals surface area contributed by atoms with Crippen molar-refractivity contribution in [1.82, 2.24) is 5.32 Å². The molecule has 1 heterocycles. The number of nitrogens with one attached hydrogen (secondary N) is 1. The van der Waals surface area contributed by atoms with Gasteiger partial charge >= 0.3 is 5.97 Å². The number of carboxylic acids is 1. The highest BCUT2D eigenvalue weighted by atomic mass is 16.4. The van der Waals surface area contributed by atoms with E-state index >= 15 is 0 Å². The second-order valence-electron chi connectivity index (χ2n) is 2.73. The van der Waals surface area contributed by atoms with E-state index in [2.05, 4.69) is 15.3 Å². The average Bonchev–Trinajstić information content (AvgIpc) is 2.05. The number of piperidine rings is 1. The van der Waals surface area contributed by atoms with Crippen LogP contribution in [0, 0.1) is 0 Å². The highest BCUT2D eigenvalue weighted by molar-refractivity contribution is 5.73. The zero-order chi connectivity index (χ0) is 8.97. The highest BCUT2D eigenvalue weighted by Gasteiger charge is 2.25. The molecule has 0 radical (unpaired) electrons. The Balaban J connectivity index is 2.51. The highest BCUT2D eigenvalue weighted by Crippen LogP contribution is 2.12. The number of aliphatic carboxylic acids is 1. The maximum absolute atomic E-state index is 10.5. The zero-order valence-electron chi connectivity index (χ0n) is 6.47. The van der Waals surface area contributed by atoms with E-state index < -0.39 is 12.0 Å². The molecular formula is C6H10N4O2. The predicted molar refractivity (Wildman–Crippen MR) is 41.6 cm³/mol. The van der Waals surface area contributed by atoms with Gasteiger partial charge in [-0.15, -0.1) is 0 Å². The minimum absolute atomic E-state index is 0.169. The Bertz CT molecular complexity index is 216. The fourth-order valence-corrected chi connectivity index (χ4v) is 1.26. The largest absolute Gasteiger partial charge is 0.480 e. The SMILES string of the molecule is [N-]=[N+]=N[C@@H]1CCN[C@@H](C(=O)O)C1. The summed E-state index contributed by atoms with van der Waals surface area (Å²) in [6, 6.07) is -0.730. The van der Waals surface area contributed by atoms with Crippen LogP contribution in [0.2, 0.25) is 0 Å². The Hall–Kier alpha value is -1.26. The fourth-order valence-electron chi connectivity index (χ4n) is 1.26. The van der Waals surface area contributed by atoms with Crippen molar-refractivity contribution in [2.75, 3.05) is 6.54 Å². The lowest BCUT2D eigenvalue weighted by atomic mass is 10.0. The first kappa shape index (κ1) is 8.83. The quantitative estimate of drug-likeness (QED) is 0.358. The number of hydrogen-bond acceptors (Lipinski definition) is 3. The van der Waals surface area contributed by atoms with Crippen molar-refractivity contribution >= 4 is 5.97 Å². The van der Waals surface area contributed by atoms with Gasteiger partial charge in [-0.25, -0.2) is 0 Å². The summed E-state index contributed by atoms with van der Waals surface area (Å²) in [4.78, 5) is 13.2. The summed E-state index contributed by atoms with van der Waals surface area (Å²) in [5.41, 5.74) is 8.13. The molecule has 0 saturated carbocycles. The lowest BCUT2D eigenvalue weighted by Crippen LogP contribution is -2.44. The molecule has 0 aromatic rings. The number of nitrogens with zero attached hydrogens (tertiary/aromatic N) is 3. The zero-order valence-corrected chi connectivity index (χ0v) is 6.47. The number of azide groups is 1. The Morgan fingerprint density at radius 2 is 2.50 bits per heavy atom. The summed E-state index contributed by atoms with van der Waals surface area (Å²) in [6.45, 7) is 0.598. The summed E-state index contributed by atoms with van der Waals surface area (Å²) in [6.07, 6.45) is 1.10. The first-order valence-electron chi connectivity index (χ1n) is 3.74. The third-order valence-electron chi connectivity index (χ3n) is 1.89. The maximum atomic E-state index is 10.5. The van der Waals surface area contributed by atoms with Gasteiger partial charge in [0.1, 0.15) is 6.04 Å². The van der Waals surface area contributed by atoms with E-state index in [1.807, 2.05) is 0 Å². The molecule has 0 unspecified atom stereocenters. The van der Waals surface area contributed by atoms with Crippen LogP contribution in [0.5, 0.6) is 0 Å². The van der Waals surface area contributed by atoms with Crippen molar-refractivity contribution in [2.45, 2.75) is 24.9 Å². The van der Waals surface area contributed by atoms with Crippen LogP contribution in [0.15, 0.2) is 5.11 Å². The molecule has 0 aromatic heterocycles. The monoisotopic (exact) mass is 170 g/mol. The Morgan fingerprint density at radius 1 is 1.75 bits per heavy atom. The number of carbonyl (C=O) groups is 1. The topological polar surface area (TPSA) is 98.1 Å². The lowest BCUT2D eigenvalue weighted by Gasteiger charge is -2.24. The fraction of sp³-hybridized carbons (Fsp3) is 0.833. The molecule has 6 nitrogen and oxygen atoms in total. The van der Waals surface area contributed by atoms with Crippen molar-refractivity contribution in [1.29, 1.82) is 0 Å². The molecule has 1 saturated heterocycles. The molecule has 0 amide bonds. The molecule has 66 valence electrons. The standard InChI is InChI=1S/C6H10N4O2/c7-10-9-4-1-2-8-5(3-4)6(11)12/h4-5,8H,1-3H2,(H,11,12)/t4-,5-/m1/s1. The summed E-state index contributed by atoms with van der Waals surface area (Å²) in [5, 5.41) is 14.9. The maximum Gasteiger partial charge on any atom is 0.320 e. The van der Waals surface area contributed by atoms with Crippen LogP contribution in [0.25, 0.3) is 10.4 Å². The van der Waals surface area contributed by atoms with Gasteiger partial charge in [-0.05, 0) is 24.9 Å². The summed E-state index contributed by atoms with van der Waals surface area (Å²) >= 11 is 0. The van der Waals surface area contributed by atoms with Crippen molar-refractivity contribution in [3.05, 3.63) is 10.4 Å². The van der Waals surface area contributed by atoms with Gasteiger partial charge in [-0.2, -0.15) is 0 Å². The number of hydrogen-bond donors (Lipinski definition) is 2. The van der Waals surface area contributed by atoms with Crippen LogP contribution in [0.1, 0.15) is 12.8 Å². The molecule has 0 bridgehead atoms. The van der Waals surface area contributed by atoms with Crippen LogP contribution >= 0.6 is 0 Å². The smallest absolute Gasteiger partial charge is 0.320 e. The van der Waals surface area contributed by atoms with Gasteiger partial charge in [-0.1, -0.05) is 5.11 Å². The van der Waals surface area contributed by atoms with Gasteiger partial charge in [0, 0.05) is 11.0 Å². The van der Waals surface area contributed by atoms with E-state index in [4.69, 9.17) is 10.6 Å². The minimum atomic E-state index is -0.882. The lowest BCUT2D eigenvalue weighted by molar-refractivity contribution is -0.140. The summed E-state index contributed by atoms with van der Waals surface area (Å²) < 4.78 is 0. The third kappa shape index (κ3) is 2.11. The van der Waals surface area contributed by atoms with E-state index in [9.17, 15) is 4.79 Å². The molecular weight excluding hydrogens is 160 g/mol. The second-order valence-corrected chi connectivity index (χ2v) is 2.73. The molecule has 0 aromatic carbocycles. The second kappa shape index (κ2) is 3.94. The Labute approximate surface area is 69.2 Å². The van der Waals surface area contributed by atoms with E-state index in [1.54, 1.807) is 0 Å². The Kier molecular flexibility index (Phi) is 2.90. The molecule has 1 fully saturated rings. The van der Waals surface area contributed by atoms with Crippen LogP contribution < -0.4 is 5.32 Å². The van der Waals surface area contributed by atoms with Gasteiger partial charge < -0.3 is 10.4 Å². The summed E-state index contributed by atoms with van der Waals surface area (Å²) in [7, 11) is 0. The van der Waals surface area contributed by atoms with Crippen molar-refractivity contribution in [2.24, 2.45) is 5.11 Å². The number of carboxylic acid groups (broad SMARTS) is 1.